The molecule has 2 aromatic carbocycles. The van der Waals surface area contributed by atoms with Crippen molar-refractivity contribution in [3.05, 3.63) is 88.5 Å². The Hall–Kier alpha value is -2.93. The van der Waals surface area contributed by atoms with Gasteiger partial charge in [-0.05, 0) is 59.7 Å². The Morgan fingerprint density at radius 1 is 1.06 bits per heavy atom. The summed E-state index contributed by atoms with van der Waals surface area (Å²) in [6, 6.07) is 14.4. The van der Waals surface area contributed by atoms with Crippen molar-refractivity contribution < 1.29 is 13.6 Å². The lowest BCUT2D eigenvalue weighted by Crippen LogP contribution is -2.26. The van der Waals surface area contributed by atoms with Crippen LogP contribution in [-0.4, -0.2) is 23.7 Å². The summed E-state index contributed by atoms with van der Waals surface area (Å²) in [5.41, 5.74) is 3.00. The number of hydrogen-bond donors (Lipinski definition) is 1. The van der Waals surface area contributed by atoms with Gasteiger partial charge in [0.1, 0.15) is 22.5 Å². The Kier molecular flexibility index (Phi) is 7.63. The van der Waals surface area contributed by atoms with Gasteiger partial charge in [0, 0.05) is 20.1 Å². The van der Waals surface area contributed by atoms with Crippen LogP contribution in [0, 0.1) is 18.6 Å². The van der Waals surface area contributed by atoms with E-state index >= 15 is 0 Å². The Bertz CT molecular complexity index is 1060. The standard InChI is InChI=1S/C24H25F2N3OS/c1-4-31-24-22(23(30)27-14-18-6-5-7-20(26)13-18)16(2)12-21(28-24)29(3)15-17-8-10-19(25)11-9-17/h5-13H,4,14-15H2,1-3H3,(H,27,30). The summed E-state index contributed by atoms with van der Waals surface area (Å²) < 4.78 is 26.6. The van der Waals surface area contributed by atoms with Crippen molar-refractivity contribution in [2.24, 2.45) is 0 Å². The van der Waals surface area contributed by atoms with E-state index in [9.17, 15) is 13.6 Å². The molecule has 1 N–H and O–H groups in total. The fourth-order valence-electron chi connectivity index (χ4n) is 3.20. The summed E-state index contributed by atoms with van der Waals surface area (Å²) in [6.07, 6.45) is 0. The zero-order chi connectivity index (χ0) is 22.4. The molecule has 162 valence electrons. The first-order valence-electron chi connectivity index (χ1n) is 10.00. The van der Waals surface area contributed by atoms with Crippen molar-refractivity contribution >= 4 is 23.5 Å². The second kappa shape index (κ2) is 10.4. The van der Waals surface area contributed by atoms with Crippen LogP contribution in [0.4, 0.5) is 14.6 Å². The molecule has 1 amide bonds. The fraction of sp³-hybridized carbons (Fsp3) is 0.250. The number of hydrogen-bond acceptors (Lipinski definition) is 4. The first kappa shape index (κ1) is 22.7. The maximum absolute atomic E-state index is 13.4. The molecule has 0 radical (unpaired) electrons. The highest BCUT2D eigenvalue weighted by molar-refractivity contribution is 7.99. The monoisotopic (exact) mass is 441 g/mol. The van der Waals surface area contributed by atoms with Gasteiger partial charge in [-0.25, -0.2) is 13.8 Å². The number of aryl methyl sites for hydroxylation is 1. The third-order valence-electron chi connectivity index (χ3n) is 4.74. The fourth-order valence-corrected chi connectivity index (χ4v) is 4.03. The number of halogens is 2. The molecule has 0 aliphatic carbocycles. The van der Waals surface area contributed by atoms with E-state index in [2.05, 4.69) is 5.32 Å². The van der Waals surface area contributed by atoms with Gasteiger partial charge in [0.2, 0.25) is 0 Å². The van der Waals surface area contributed by atoms with Gasteiger partial charge in [-0.3, -0.25) is 4.79 Å². The average molecular weight is 442 g/mol. The van der Waals surface area contributed by atoms with Gasteiger partial charge in [-0.15, -0.1) is 11.8 Å². The van der Waals surface area contributed by atoms with Gasteiger partial charge in [-0.1, -0.05) is 31.2 Å². The van der Waals surface area contributed by atoms with Gasteiger partial charge < -0.3 is 10.2 Å². The second-order valence-corrected chi connectivity index (χ2v) is 8.46. The van der Waals surface area contributed by atoms with Crippen LogP contribution in [0.3, 0.4) is 0 Å². The molecule has 0 unspecified atom stereocenters. The van der Waals surface area contributed by atoms with Crippen LogP contribution in [0.1, 0.15) is 34.0 Å². The zero-order valence-corrected chi connectivity index (χ0v) is 18.6. The minimum Gasteiger partial charge on any atom is -0.355 e. The van der Waals surface area contributed by atoms with Crippen molar-refractivity contribution in [1.82, 2.24) is 10.3 Å². The Balaban J connectivity index is 1.80. The van der Waals surface area contributed by atoms with Crippen molar-refractivity contribution in [3.63, 3.8) is 0 Å². The zero-order valence-electron chi connectivity index (χ0n) is 17.8. The SMILES string of the molecule is CCSc1nc(N(C)Cc2ccc(F)cc2)cc(C)c1C(=O)NCc1cccc(F)c1. The Morgan fingerprint density at radius 3 is 2.48 bits per heavy atom. The summed E-state index contributed by atoms with van der Waals surface area (Å²) in [5.74, 6) is 0.662. The summed E-state index contributed by atoms with van der Waals surface area (Å²) in [4.78, 5) is 19.6. The topological polar surface area (TPSA) is 45.2 Å². The number of amides is 1. The molecule has 0 aliphatic rings. The van der Waals surface area contributed by atoms with Crippen molar-refractivity contribution in [2.75, 3.05) is 17.7 Å². The lowest BCUT2D eigenvalue weighted by Gasteiger charge is -2.21. The molecular weight excluding hydrogens is 416 g/mol. The third-order valence-corrected chi connectivity index (χ3v) is 5.60. The molecule has 3 rings (SSSR count). The number of nitrogens with zero attached hydrogens (tertiary/aromatic N) is 2. The van der Waals surface area contributed by atoms with Crippen LogP contribution in [0.15, 0.2) is 59.6 Å². The summed E-state index contributed by atoms with van der Waals surface area (Å²) in [7, 11) is 1.91. The van der Waals surface area contributed by atoms with Crippen LogP contribution >= 0.6 is 11.8 Å². The molecule has 0 aliphatic heterocycles. The number of anilines is 1. The second-order valence-electron chi connectivity index (χ2n) is 7.21. The highest BCUT2D eigenvalue weighted by Gasteiger charge is 2.19. The van der Waals surface area contributed by atoms with Crippen LogP contribution in [0.5, 0.6) is 0 Å². The highest BCUT2D eigenvalue weighted by Crippen LogP contribution is 2.28. The smallest absolute Gasteiger partial charge is 0.254 e. The van der Waals surface area contributed by atoms with E-state index in [0.717, 1.165) is 22.7 Å². The summed E-state index contributed by atoms with van der Waals surface area (Å²) in [6.45, 7) is 4.69. The van der Waals surface area contributed by atoms with E-state index in [1.54, 1.807) is 24.3 Å². The van der Waals surface area contributed by atoms with Gasteiger partial charge in [-0.2, -0.15) is 0 Å². The molecule has 0 spiro atoms. The van der Waals surface area contributed by atoms with E-state index < -0.39 is 0 Å². The Morgan fingerprint density at radius 2 is 1.81 bits per heavy atom. The van der Waals surface area contributed by atoms with Gasteiger partial charge in [0.15, 0.2) is 0 Å². The lowest BCUT2D eigenvalue weighted by atomic mass is 10.1. The van der Waals surface area contributed by atoms with Gasteiger partial charge >= 0.3 is 0 Å². The molecule has 0 bridgehead atoms. The number of carbonyl (C=O) groups excluding carboxylic acids is 1. The number of aromatic nitrogens is 1. The number of carbonyl (C=O) groups is 1. The molecule has 0 saturated carbocycles. The minimum atomic E-state index is -0.333. The van der Waals surface area contributed by atoms with E-state index in [1.807, 2.05) is 31.9 Å². The van der Waals surface area contributed by atoms with E-state index in [0.29, 0.717) is 22.7 Å². The number of pyridine rings is 1. The van der Waals surface area contributed by atoms with E-state index in [4.69, 9.17) is 4.98 Å². The molecule has 4 nitrogen and oxygen atoms in total. The predicted molar refractivity (Wildman–Crippen MR) is 121 cm³/mol. The number of thioether (sulfide) groups is 1. The average Bonchev–Trinajstić information content (AvgIpc) is 2.73. The molecule has 3 aromatic rings. The quantitative estimate of drug-likeness (QED) is 0.479. The van der Waals surface area contributed by atoms with Crippen molar-refractivity contribution in [3.8, 4) is 0 Å². The molecule has 0 saturated heterocycles. The van der Waals surface area contributed by atoms with Crippen molar-refractivity contribution in [1.29, 1.82) is 0 Å². The Labute approximate surface area is 185 Å². The number of rotatable bonds is 8. The normalized spacial score (nSPS) is 10.7. The first-order valence-corrected chi connectivity index (χ1v) is 11.0. The molecule has 31 heavy (non-hydrogen) atoms. The van der Waals surface area contributed by atoms with Crippen LogP contribution in [-0.2, 0) is 13.1 Å². The number of benzene rings is 2. The van der Waals surface area contributed by atoms with Crippen LogP contribution in [0.25, 0.3) is 0 Å². The summed E-state index contributed by atoms with van der Waals surface area (Å²) >= 11 is 1.50. The third kappa shape index (κ3) is 6.04. The lowest BCUT2D eigenvalue weighted by molar-refractivity contribution is 0.0946. The largest absolute Gasteiger partial charge is 0.355 e. The molecule has 0 fully saturated rings. The molecule has 1 aromatic heterocycles. The van der Waals surface area contributed by atoms with E-state index in [-0.39, 0.29) is 24.1 Å². The van der Waals surface area contributed by atoms with Crippen molar-refractivity contribution in [2.45, 2.75) is 32.0 Å². The van der Waals surface area contributed by atoms with Crippen LogP contribution < -0.4 is 10.2 Å². The maximum atomic E-state index is 13.4. The summed E-state index contributed by atoms with van der Waals surface area (Å²) in [5, 5.41) is 3.52. The minimum absolute atomic E-state index is 0.235. The van der Waals surface area contributed by atoms with Gasteiger partial charge in [0.25, 0.3) is 5.91 Å². The predicted octanol–water partition coefficient (Wildman–Crippen LogP) is 5.35. The van der Waals surface area contributed by atoms with Gasteiger partial charge in [0.05, 0.1) is 5.56 Å². The molecule has 1 heterocycles. The van der Waals surface area contributed by atoms with Crippen LogP contribution in [0.2, 0.25) is 0 Å². The highest BCUT2D eigenvalue weighted by atomic mass is 32.2. The van der Waals surface area contributed by atoms with E-state index in [1.165, 1.54) is 36.0 Å². The number of nitrogens with one attached hydrogen (secondary N) is 1. The molecule has 7 heteroatoms. The first-order chi connectivity index (χ1) is 14.9. The molecular formula is C24H25F2N3OS. The maximum Gasteiger partial charge on any atom is 0.254 e. The molecule has 0 atom stereocenters.